The van der Waals surface area contributed by atoms with Crippen molar-refractivity contribution >= 4 is 22.4 Å². The number of hydrogen-bond donors (Lipinski definition) is 1. The molecule has 0 fully saturated rings. The molecule has 0 saturated heterocycles. The van der Waals surface area contributed by atoms with Gasteiger partial charge in [-0.1, -0.05) is 33.1 Å². The Morgan fingerprint density at radius 1 is 1.43 bits per heavy atom. The predicted octanol–water partition coefficient (Wildman–Crippen LogP) is 4.27. The lowest BCUT2D eigenvalue weighted by Crippen LogP contribution is -2.13. The van der Waals surface area contributed by atoms with Crippen LogP contribution in [0.2, 0.25) is 0 Å². The maximum Gasteiger partial charge on any atom is 0.306 e. The van der Waals surface area contributed by atoms with Crippen LogP contribution in [0.3, 0.4) is 0 Å². The molecule has 0 aliphatic rings. The van der Waals surface area contributed by atoms with Gasteiger partial charge in [-0.15, -0.1) is 11.3 Å². The van der Waals surface area contributed by atoms with E-state index in [0.29, 0.717) is 19.4 Å². The molecule has 120 valence electrons. The number of aryl methyl sites for hydroxylation is 1. The first-order chi connectivity index (χ1) is 10.2. The number of hydrogen-bond acceptors (Lipinski definition) is 5. The van der Waals surface area contributed by atoms with Gasteiger partial charge in [0.05, 0.1) is 18.7 Å². The third kappa shape index (κ3) is 7.46. The van der Waals surface area contributed by atoms with Crippen LogP contribution in [0.25, 0.3) is 0 Å². The lowest BCUT2D eigenvalue weighted by Gasteiger charge is -2.14. The SMILES string of the molecule is CCCCC(CC)CNc1nc(CCC(=O)OCC)cs1. The molecule has 4 nitrogen and oxygen atoms in total. The fraction of sp³-hybridized carbons (Fsp3) is 0.750. The van der Waals surface area contributed by atoms with Crippen molar-refractivity contribution in [1.29, 1.82) is 0 Å². The first kappa shape index (κ1) is 18.0. The van der Waals surface area contributed by atoms with Crippen molar-refractivity contribution in [2.75, 3.05) is 18.5 Å². The number of unbranched alkanes of at least 4 members (excludes halogenated alkanes) is 1. The van der Waals surface area contributed by atoms with Gasteiger partial charge in [0, 0.05) is 18.3 Å². The van der Waals surface area contributed by atoms with Gasteiger partial charge in [-0.05, 0) is 19.3 Å². The van der Waals surface area contributed by atoms with Crippen LogP contribution in [0.15, 0.2) is 5.38 Å². The van der Waals surface area contributed by atoms with Crippen molar-refractivity contribution < 1.29 is 9.53 Å². The molecule has 1 aromatic heterocycles. The second kappa shape index (κ2) is 10.6. The van der Waals surface area contributed by atoms with Gasteiger partial charge < -0.3 is 10.1 Å². The zero-order chi connectivity index (χ0) is 15.5. The van der Waals surface area contributed by atoms with E-state index < -0.39 is 0 Å². The molecule has 0 aliphatic heterocycles. The minimum Gasteiger partial charge on any atom is -0.466 e. The van der Waals surface area contributed by atoms with Crippen LogP contribution in [-0.4, -0.2) is 24.1 Å². The smallest absolute Gasteiger partial charge is 0.306 e. The number of nitrogens with zero attached hydrogens (tertiary/aromatic N) is 1. The Morgan fingerprint density at radius 3 is 2.90 bits per heavy atom. The van der Waals surface area contributed by atoms with Crippen LogP contribution in [0.1, 0.15) is 58.6 Å². The zero-order valence-corrected chi connectivity index (χ0v) is 14.3. The van der Waals surface area contributed by atoms with E-state index in [1.807, 2.05) is 12.3 Å². The van der Waals surface area contributed by atoms with Gasteiger partial charge >= 0.3 is 5.97 Å². The summed E-state index contributed by atoms with van der Waals surface area (Å²) in [6.07, 6.45) is 6.10. The van der Waals surface area contributed by atoms with E-state index in [1.165, 1.54) is 25.7 Å². The molecule has 1 heterocycles. The number of carbonyl (C=O) groups is 1. The number of aromatic nitrogens is 1. The first-order valence-corrected chi connectivity index (χ1v) is 8.91. The summed E-state index contributed by atoms with van der Waals surface area (Å²) in [5.41, 5.74) is 0.970. The van der Waals surface area contributed by atoms with Crippen LogP contribution < -0.4 is 5.32 Å². The number of thiazole rings is 1. The molecule has 0 aromatic carbocycles. The van der Waals surface area contributed by atoms with Crippen molar-refractivity contribution in [1.82, 2.24) is 4.98 Å². The average molecular weight is 312 g/mol. The van der Waals surface area contributed by atoms with Crippen molar-refractivity contribution in [3.8, 4) is 0 Å². The molecule has 5 heteroatoms. The number of nitrogens with one attached hydrogen (secondary N) is 1. The molecular formula is C16H28N2O2S. The minimum atomic E-state index is -0.148. The summed E-state index contributed by atoms with van der Waals surface area (Å²) < 4.78 is 4.92. The second-order valence-electron chi connectivity index (χ2n) is 5.25. The third-order valence-electron chi connectivity index (χ3n) is 3.53. The lowest BCUT2D eigenvalue weighted by atomic mass is 10.00. The quantitative estimate of drug-likeness (QED) is 0.620. The van der Waals surface area contributed by atoms with Gasteiger partial charge in [0.1, 0.15) is 0 Å². The number of ether oxygens (including phenoxy) is 1. The molecule has 0 radical (unpaired) electrons. The molecule has 21 heavy (non-hydrogen) atoms. The Balaban J connectivity index is 2.32. The average Bonchev–Trinajstić information content (AvgIpc) is 2.94. The summed E-state index contributed by atoms with van der Waals surface area (Å²) in [7, 11) is 0. The highest BCUT2D eigenvalue weighted by Gasteiger charge is 2.09. The molecule has 1 atom stereocenters. The molecular weight excluding hydrogens is 284 g/mol. The summed E-state index contributed by atoms with van der Waals surface area (Å²) >= 11 is 1.62. The highest BCUT2D eigenvalue weighted by Crippen LogP contribution is 2.19. The summed E-state index contributed by atoms with van der Waals surface area (Å²) in [5, 5.41) is 6.41. The molecule has 0 amide bonds. The highest BCUT2D eigenvalue weighted by atomic mass is 32.1. The van der Waals surface area contributed by atoms with E-state index in [9.17, 15) is 4.79 Å². The monoisotopic (exact) mass is 312 g/mol. The minimum absolute atomic E-state index is 0.148. The maximum atomic E-state index is 11.3. The van der Waals surface area contributed by atoms with Gasteiger partial charge in [0.25, 0.3) is 0 Å². The van der Waals surface area contributed by atoms with E-state index in [4.69, 9.17) is 4.74 Å². The molecule has 1 aromatic rings. The molecule has 0 spiro atoms. The lowest BCUT2D eigenvalue weighted by molar-refractivity contribution is -0.143. The number of rotatable bonds is 11. The van der Waals surface area contributed by atoms with E-state index in [0.717, 1.165) is 23.3 Å². The second-order valence-corrected chi connectivity index (χ2v) is 6.10. The molecule has 1 N–H and O–H groups in total. The van der Waals surface area contributed by atoms with Gasteiger partial charge in [-0.25, -0.2) is 4.98 Å². The Labute approximate surface area is 132 Å². The van der Waals surface area contributed by atoms with Crippen molar-refractivity contribution in [3.63, 3.8) is 0 Å². The van der Waals surface area contributed by atoms with Gasteiger partial charge in [0.15, 0.2) is 5.13 Å². The number of esters is 1. The molecule has 0 saturated carbocycles. The van der Waals surface area contributed by atoms with Gasteiger partial charge in [-0.2, -0.15) is 0 Å². The topological polar surface area (TPSA) is 51.2 Å². The first-order valence-electron chi connectivity index (χ1n) is 8.03. The van der Waals surface area contributed by atoms with Crippen molar-refractivity contribution in [3.05, 3.63) is 11.1 Å². The Hall–Kier alpha value is -1.10. The number of anilines is 1. The highest BCUT2D eigenvalue weighted by molar-refractivity contribution is 7.13. The predicted molar refractivity (Wildman–Crippen MR) is 88.9 cm³/mol. The summed E-state index contributed by atoms with van der Waals surface area (Å²) in [4.78, 5) is 15.8. The van der Waals surface area contributed by atoms with Crippen molar-refractivity contribution in [2.24, 2.45) is 5.92 Å². The summed E-state index contributed by atoms with van der Waals surface area (Å²) in [6.45, 7) is 7.73. The molecule has 1 unspecified atom stereocenters. The Bertz CT molecular complexity index is 407. The third-order valence-corrected chi connectivity index (χ3v) is 4.38. The molecule has 1 rings (SSSR count). The summed E-state index contributed by atoms with van der Waals surface area (Å²) in [6, 6.07) is 0. The van der Waals surface area contributed by atoms with E-state index in [2.05, 4.69) is 24.1 Å². The normalized spacial score (nSPS) is 12.1. The Morgan fingerprint density at radius 2 is 2.24 bits per heavy atom. The number of carbonyl (C=O) groups excluding carboxylic acids is 1. The standard InChI is InChI=1S/C16H28N2O2S/c1-4-7-8-13(5-2)11-17-16-18-14(12-21-16)9-10-15(19)20-6-3/h12-13H,4-11H2,1-3H3,(H,17,18). The maximum absolute atomic E-state index is 11.3. The molecule has 0 bridgehead atoms. The van der Waals surface area contributed by atoms with E-state index >= 15 is 0 Å². The van der Waals surface area contributed by atoms with Crippen LogP contribution in [0, 0.1) is 5.92 Å². The van der Waals surface area contributed by atoms with Crippen LogP contribution >= 0.6 is 11.3 Å². The Kier molecular flexibility index (Phi) is 9.06. The largest absolute Gasteiger partial charge is 0.466 e. The van der Waals surface area contributed by atoms with Gasteiger partial charge in [-0.3, -0.25) is 4.79 Å². The fourth-order valence-corrected chi connectivity index (χ4v) is 2.90. The fourth-order valence-electron chi connectivity index (χ4n) is 2.14. The van der Waals surface area contributed by atoms with Gasteiger partial charge in [0.2, 0.25) is 0 Å². The van der Waals surface area contributed by atoms with Crippen LogP contribution in [0.4, 0.5) is 5.13 Å². The van der Waals surface area contributed by atoms with Crippen molar-refractivity contribution in [2.45, 2.75) is 59.3 Å². The molecule has 0 aliphatic carbocycles. The summed E-state index contributed by atoms with van der Waals surface area (Å²) in [5.74, 6) is 0.572. The van der Waals surface area contributed by atoms with E-state index in [-0.39, 0.29) is 5.97 Å². The van der Waals surface area contributed by atoms with E-state index in [1.54, 1.807) is 11.3 Å². The van der Waals surface area contributed by atoms with Crippen LogP contribution in [-0.2, 0) is 16.0 Å². The van der Waals surface area contributed by atoms with Crippen LogP contribution in [0.5, 0.6) is 0 Å². The zero-order valence-electron chi connectivity index (χ0n) is 13.5.